The summed E-state index contributed by atoms with van der Waals surface area (Å²) in [5.74, 6) is 0.435. The van der Waals surface area contributed by atoms with E-state index in [0.717, 1.165) is 12.2 Å². The summed E-state index contributed by atoms with van der Waals surface area (Å²) in [6.45, 7) is 0.104. The number of carbonyl (C=O) groups is 2. The predicted molar refractivity (Wildman–Crippen MR) is 114 cm³/mol. The topological polar surface area (TPSA) is 89.6 Å². The van der Waals surface area contributed by atoms with E-state index in [1.807, 2.05) is 18.2 Å². The molecule has 30 heavy (non-hydrogen) atoms. The van der Waals surface area contributed by atoms with Crippen molar-refractivity contribution in [3.8, 4) is 5.75 Å². The number of hydrogen-bond donors (Lipinski definition) is 2. The molecule has 0 saturated carbocycles. The van der Waals surface area contributed by atoms with Gasteiger partial charge in [0.05, 0.1) is 6.61 Å². The first-order chi connectivity index (χ1) is 14.7. The van der Waals surface area contributed by atoms with Gasteiger partial charge in [0.1, 0.15) is 24.8 Å². The van der Waals surface area contributed by atoms with Gasteiger partial charge >= 0.3 is 0 Å². The summed E-state index contributed by atoms with van der Waals surface area (Å²) < 4.78 is 10.9. The Balaban J connectivity index is 1.33. The Morgan fingerprint density at radius 2 is 1.50 bits per heavy atom. The highest BCUT2D eigenvalue weighted by atomic mass is 16.5. The zero-order chi connectivity index (χ0) is 21.0. The lowest BCUT2D eigenvalue weighted by Gasteiger charge is -2.09. The predicted octanol–water partition coefficient (Wildman–Crippen LogP) is 3.30. The van der Waals surface area contributed by atoms with Gasteiger partial charge < -0.3 is 20.1 Å². The van der Waals surface area contributed by atoms with E-state index in [9.17, 15) is 9.59 Å². The van der Waals surface area contributed by atoms with Crippen molar-refractivity contribution >= 4 is 23.3 Å². The minimum atomic E-state index is -0.376. The number of nitrogens with one attached hydrogen (secondary N) is 2. The van der Waals surface area contributed by atoms with Gasteiger partial charge in [0.15, 0.2) is 0 Å². The number of amides is 2. The second kappa shape index (κ2) is 11.3. The van der Waals surface area contributed by atoms with Crippen LogP contribution in [0.3, 0.4) is 0 Å². The third-order valence-electron chi connectivity index (χ3n) is 4.04. The van der Waals surface area contributed by atoms with Crippen LogP contribution in [0.25, 0.3) is 0 Å². The molecule has 0 atom stereocenters. The number of rotatable bonds is 10. The van der Waals surface area contributed by atoms with Gasteiger partial charge in [-0.25, -0.2) is 4.98 Å². The van der Waals surface area contributed by atoms with Crippen molar-refractivity contribution in [1.29, 1.82) is 0 Å². The average molecular weight is 405 g/mol. The molecule has 2 amide bonds. The van der Waals surface area contributed by atoms with Crippen LogP contribution < -0.4 is 15.4 Å². The zero-order valence-electron chi connectivity index (χ0n) is 16.4. The lowest BCUT2D eigenvalue weighted by atomic mass is 10.2. The smallest absolute Gasteiger partial charge is 0.251 e. The van der Waals surface area contributed by atoms with Crippen LogP contribution in [0, 0.1) is 0 Å². The molecule has 3 rings (SSSR count). The molecule has 0 radical (unpaired) electrons. The molecule has 2 aromatic carbocycles. The molecule has 1 heterocycles. The molecule has 0 fully saturated rings. The lowest BCUT2D eigenvalue weighted by molar-refractivity contribution is -0.125. The summed E-state index contributed by atoms with van der Waals surface area (Å²) in [6, 6.07) is 22.4. The maximum absolute atomic E-state index is 12.0. The van der Waals surface area contributed by atoms with Gasteiger partial charge in [0, 0.05) is 18.3 Å². The van der Waals surface area contributed by atoms with Crippen LogP contribution in [0.15, 0.2) is 79.0 Å². The Labute approximate surface area is 175 Å². The van der Waals surface area contributed by atoms with E-state index in [4.69, 9.17) is 9.47 Å². The highest BCUT2D eigenvalue weighted by Gasteiger charge is 2.07. The van der Waals surface area contributed by atoms with Gasteiger partial charge in [0.25, 0.3) is 5.91 Å². The molecular formula is C23H23N3O4. The monoisotopic (exact) mass is 405 g/mol. The fourth-order valence-corrected chi connectivity index (χ4v) is 2.62. The van der Waals surface area contributed by atoms with E-state index < -0.39 is 0 Å². The van der Waals surface area contributed by atoms with E-state index in [1.54, 1.807) is 48.7 Å². The Hall–Kier alpha value is -3.71. The summed E-state index contributed by atoms with van der Waals surface area (Å²) in [5, 5.41) is 5.29. The fraction of sp³-hybridized carbons (Fsp3) is 0.174. The maximum Gasteiger partial charge on any atom is 0.251 e. The quantitative estimate of drug-likeness (QED) is 0.540. The Bertz CT molecular complexity index is 932. The largest absolute Gasteiger partial charge is 0.493 e. The molecular weight excluding hydrogens is 382 g/mol. The third kappa shape index (κ3) is 7.37. The minimum absolute atomic E-state index is 0.231. The van der Waals surface area contributed by atoms with Gasteiger partial charge in [-0.05, 0) is 42.0 Å². The van der Waals surface area contributed by atoms with Crippen molar-refractivity contribution in [3.05, 3.63) is 84.6 Å². The van der Waals surface area contributed by atoms with Crippen molar-refractivity contribution in [2.24, 2.45) is 0 Å². The molecule has 0 saturated heterocycles. The number of ether oxygens (including phenoxy) is 2. The van der Waals surface area contributed by atoms with E-state index in [2.05, 4.69) is 27.8 Å². The number of carbonyl (C=O) groups excluding carboxylic acids is 2. The van der Waals surface area contributed by atoms with Gasteiger partial charge in [0.2, 0.25) is 5.91 Å². The zero-order valence-corrected chi connectivity index (χ0v) is 16.4. The van der Waals surface area contributed by atoms with Crippen molar-refractivity contribution in [1.82, 2.24) is 4.98 Å². The standard InChI is InChI=1S/C23H23N3O4/c27-22(16-29-17-23(28)26-21-8-4-5-14-24-21)25-19-9-11-20(12-10-19)30-15-13-18-6-2-1-3-7-18/h1-12,14H,13,15-17H2,(H,25,27)(H,24,26,28). The molecule has 0 aliphatic carbocycles. The van der Waals surface area contributed by atoms with E-state index in [0.29, 0.717) is 18.1 Å². The summed E-state index contributed by atoms with van der Waals surface area (Å²) >= 11 is 0. The van der Waals surface area contributed by atoms with Crippen LogP contribution in [-0.4, -0.2) is 36.6 Å². The van der Waals surface area contributed by atoms with Gasteiger partial charge in [-0.3, -0.25) is 9.59 Å². The molecule has 2 N–H and O–H groups in total. The second-order valence-electron chi connectivity index (χ2n) is 6.41. The van der Waals surface area contributed by atoms with Crippen LogP contribution >= 0.6 is 0 Å². The van der Waals surface area contributed by atoms with Crippen LogP contribution in [0.5, 0.6) is 5.75 Å². The molecule has 0 unspecified atom stereocenters. The normalized spacial score (nSPS) is 10.3. The first kappa shape index (κ1) is 21.0. The molecule has 7 heteroatoms. The first-order valence-electron chi connectivity index (χ1n) is 9.54. The number of anilines is 2. The minimum Gasteiger partial charge on any atom is -0.493 e. The molecule has 0 aliphatic rings. The number of aromatic nitrogens is 1. The van der Waals surface area contributed by atoms with Gasteiger partial charge in [-0.2, -0.15) is 0 Å². The highest BCUT2D eigenvalue weighted by Crippen LogP contribution is 2.16. The van der Waals surface area contributed by atoms with Crippen LogP contribution in [0.1, 0.15) is 5.56 Å². The lowest BCUT2D eigenvalue weighted by Crippen LogP contribution is -2.24. The fourth-order valence-electron chi connectivity index (χ4n) is 2.62. The maximum atomic E-state index is 12.0. The summed E-state index contributed by atoms with van der Waals surface area (Å²) in [4.78, 5) is 27.7. The molecule has 0 bridgehead atoms. The second-order valence-corrected chi connectivity index (χ2v) is 6.41. The highest BCUT2D eigenvalue weighted by molar-refractivity contribution is 5.93. The third-order valence-corrected chi connectivity index (χ3v) is 4.04. The van der Waals surface area contributed by atoms with Crippen molar-refractivity contribution < 1.29 is 19.1 Å². The van der Waals surface area contributed by atoms with Crippen LogP contribution in [0.2, 0.25) is 0 Å². The molecule has 1 aromatic heterocycles. The average Bonchev–Trinajstić information content (AvgIpc) is 2.76. The Morgan fingerprint density at radius 3 is 2.20 bits per heavy atom. The van der Waals surface area contributed by atoms with Gasteiger partial charge in [-0.15, -0.1) is 0 Å². The van der Waals surface area contributed by atoms with E-state index in [1.165, 1.54) is 5.56 Å². The molecule has 3 aromatic rings. The number of hydrogen-bond acceptors (Lipinski definition) is 5. The molecule has 7 nitrogen and oxygen atoms in total. The Kier molecular flexibility index (Phi) is 7.93. The number of benzene rings is 2. The van der Waals surface area contributed by atoms with Gasteiger partial charge in [-0.1, -0.05) is 36.4 Å². The van der Waals surface area contributed by atoms with E-state index >= 15 is 0 Å². The van der Waals surface area contributed by atoms with Crippen molar-refractivity contribution in [3.63, 3.8) is 0 Å². The number of nitrogens with zero attached hydrogens (tertiary/aromatic N) is 1. The van der Waals surface area contributed by atoms with Crippen LogP contribution in [0.4, 0.5) is 11.5 Å². The molecule has 154 valence electrons. The van der Waals surface area contributed by atoms with Crippen molar-refractivity contribution in [2.75, 3.05) is 30.5 Å². The first-order valence-corrected chi connectivity index (χ1v) is 9.54. The summed E-state index contributed by atoms with van der Waals surface area (Å²) in [5.41, 5.74) is 1.84. The molecule has 0 aliphatic heterocycles. The summed E-state index contributed by atoms with van der Waals surface area (Å²) in [6.07, 6.45) is 2.40. The van der Waals surface area contributed by atoms with E-state index in [-0.39, 0.29) is 25.0 Å². The summed E-state index contributed by atoms with van der Waals surface area (Å²) in [7, 11) is 0. The molecule has 0 spiro atoms. The SMILES string of the molecule is O=C(COCC(=O)Nc1ccccn1)Nc1ccc(OCCc2ccccc2)cc1. The number of pyridine rings is 1. The van der Waals surface area contributed by atoms with Crippen molar-refractivity contribution in [2.45, 2.75) is 6.42 Å². The Morgan fingerprint density at radius 1 is 0.800 bits per heavy atom. The van der Waals surface area contributed by atoms with Crippen LogP contribution in [-0.2, 0) is 20.7 Å².